The molecule has 1 atom stereocenters. The smallest absolute Gasteiger partial charge is 0.127 e. The monoisotopic (exact) mass is 308 g/mol. The van der Waals surface area contributed by atoms with E-state index in [1.807, 2.05) is 6.92 Å². The van der Waals surface area contributed by atoms with Gasteiger partial charge < -0.3 is 4.57 Å². The minimum absolute atomic E-state index is 0.163. The number of imidazole rings is 1. The fraction of sp³-hybridized carbons (Fsp3) is 0.588. The Labute approximate surface area is 130 Å². The quantitative estimate of drug-likeness (QED) is 0.673. The number of alkyl halides is 1. The lowest BCUT2D eigenvalue weighted by atomic mass is 9.84. The van der Waals surface area contributed by atoms with E-state index in [2.05, 4.69) is 16.5 Å². The number of rotatable bonds is 3. The summed E-state index contributed by atoms with van der Waals surface area (Å²) in [6, 6.07) is 5.21. The van der Waals surface area contributed by atoms with E-state index in [4.69, 9.17) is 11.6 Å². The zero-order chi connectivity index (χ0) is 15.0. The van der Waals surface area contributed by atoms with Crippen LogP contribution in [0.5, 0.6) is 0 Å². The van der Waals surface area contributed by atoms with Crippen molar-refractivity contribution in [2.24, 2.45) is 5.92 Å². The molecule has 0 aliphatic heterocycles. The standard InChI is InChI=1S/C17H22ClFN2/c1-3-12-4-7-14(8-5-12)21-16-10-13(19)6-9-15(16)20-17(21)11(2)18/h6,9-12,14H,3-5,7-8H2,1-2H3. The Hall–Kier alpha value is -1.09. The zero-order valence-corrected chi connectivity index (χ0v) is 13.4. The summed E-state index contributed by atoms with van der Waals surface area (Å²) in [5.74, 6) is 1.50. The van der Waals surface area contributed by atoms with Crippen molar-refractivity contribution in [2.75, 3.05) is 0 Å². The van der Waals surface area contributed by atoms with Crippen LogP contribution in [0.3, 0.4) is 0 Å². The van der Waals surface area contributed by atoms with Gasteiger partial charge in [-0.05, 0) is 56.7 Å². The van der Waals surface area contributed by atoms with Crippen molar-refractivity contribution in [3.63, 3.8) is 0 Å². The third-order valence-corrected chi connectivity index (χ3v) is 4.99. The van der Waals surface area contributed by atoms with E-state index in [1.165, 1.54) is 25.3 Å². The lowest BCUT2D eigenvalue weighted by molar-refractivity contribution is 0.269. The van der Waals surface area contributed by atoms with E-state index in [0.29, 0.717) is 6.04 Å². The molecule has 21 heavy (non-hydrogen) atoms. The van der Waals surface area contributed by atoms with Crippen molar-refractivity contribution < 1.29 is 4.39 Å². The molecule has 1 fully saturated rings. The van der Waals surface area contributed by atoms with Crippen molar-refractivity contribution in [2.45, 2.75) is 57.4 Å². The second-order valence-corrected chi connectivity index (χ2v) is 6.83. The largest absolute Gasteiger partial charge is 0.324 e. The average molecular weight is 309 g/mol. The second-order valence-electron chi connectivity index (χ2n) is 6.17. The van der Waals surface area contributed by atoms with Crippen LogP contribution in [-0.2, 0) is 0 Å². The average Bonchev–Trinajstić information content (AvgIpc) is 2.86. The van der Waals surface area contributed by atoms with Crippen molar-refractivity contribution in [1.29, 1.82) is 0 Å². The molecule has 114 valence electrons. The van der Waals surface area contributed by atoms with Crippen LogP contribution in [0.25, 0.3) is 11.0 Å². The number of hydrogen-bond donors (Lipinski definition) is 0. The summed E-state index contributed by atoms with van der Waals surface area (Å²) in [4.78, 5) is 4.63. The molecule has 1 aromatic carbocycles. The summed E-state index contributed by atoms with van der Waals surface area (Å²) in [7, 11) is 0. The highest BCUT2D eigenvalue weighted by atomic mass is 35.5. The molecule has 4 heteroatoms. The fourth-order valence-electron chi connectivity index (χ4n) is 3.56. The minimum Gasteiger partial charge on any atom is -0.324 e. The highest BCUT2D eigenvalue weighted by molar-refractivity contribution is 6.20. The van der Waals surface area contributed by atoms with Gasteiger partial charge in [0.05, 0.1) is 16.4 Å². The molecule has 1 heterocycles. The molecule has 1 aliphatic rings. The fourth-order valence-corrected chi connectivity index (χ4v) is 3.71. The molecular weight excluding hydrogens is 287 g/mol. The normalized spacial score (nSPS) is 24.4. The molecule has 0 radical (unpaired) electrons. The number of hydrogen-bond acceptors (Lipinski definition) is 1. The first-order valence-corrected chi connectivity index (χ1v) is 8.35. The van der Waals surface area contributed by atoms with Crippen LogP contribution in [0.15, 0.2) is 18.2 Å². The third-order valence-electron chi connectivity index (χ3n) is 4.79. The number of aromatic nitrogens is 2. The molecule has 0 spiro atoms. The summed E-state index contributed by atoms with van der Waals surface area (Å²) in [5, 5.41) is -0.163. The maximum absolute atomic E-state index is 13.6. The Balaban J connectivity index is 2.03. The first kappa shape index (κ1) is 14.8. The Morgan fingerprint density at radius 1 is 1.33 bits per heavy atom. The Bertz CT molecular complexity index is 627. The first-order chi connectivity index (χ1) is 10.1. The van der Waals surface area contributed by atoms with Crippen LogP contribution >= 0.6 is 11.6 Å². The van der Waals surface area contributed by atoms with Gasteiger partial charge in [-0.25, -0.2) is 9.37 Å². The van der Waals surface area contributed by atoms with Gasteiger partial charge in [0, 0.05) is 6.04 Å². The minimum atomic E-state index is -0.209. The highest BCUT2D eigenvalue weighted by Crippen LogP contribution is 2.38. The SMILES string of the molecule is CCC1CCC(n2c(C(C)Cl)nc3ccc(F)cc32)CC1. The van der Waals surface area contributed by atoms with Crippen molar-refractivity contribution in [1.82, 2.24) is 9.55 Å². The number of halogens is 2. The molecule has 1 unspecified atom stereocenters. The van der Waals surface area contributed by atoms with Crippen LogP contribution in [0.2, 0.25) is 0 Å². The van der Waals surface area contributed by atoms with Gasteiger partial charge in [0.2, 0.25) is 0 Å². The first-order valence-electron chi connectivity index (χ1n) is 7.91. The van der Waals surface area contributed by atoms with Crippen LogP contribution < -0.4 is 0 Å². The Morgan fingerprint density at radius 3 is 2.67 bits per heavy atom. The second kappa shape index (κ2) is 5.96. The van der Waals surface area contributed by atoms with E-state index < -0.39 is 0 Å². The summed E-state index contributed by atoms with van der Waals surface area (Å²) in [6.45, 7) is 4.20. The molecule has 0 amide bonds. The van der Waals surface area contributed by atoms with Gasteiger partial charge in [-0.3, -0.25) is 0 Å². The van der Waals surface area contributed by atoms with E-state index >= 15 is 0 Å². The molecule has 0 saturated heterocycles. The number of nitrogens with zero attached hydrogens (tertiary/aromatic N) is 2. The summed E-state index contributed by atoms with van der Waals surface area (Å²) in [5.41, 5.74) is 1.73. The molecule has 1 saturated carbocycles. The van der Waals surface area contributed by atoms with E-state index in [-0.39, 0.29) is 11.2 Å². The van der Waals surface area contributed by atoms with Gasteiger partial charge in [0.1, 0.15) is 11.6 Å². The Kier molecular flexibility index (Phi) is 4.21. The molecular formula is C17H22ClFN2. The number of benzene rings is 1. The maximum atomic E-state index is 13.6. The lowest BCUT2D eigenvalue weighted by Gasteiger charge is -2.30. The molecule has 1 aliphatic carbocycles. The van der Waals surface area contributed by atoms with Gasteiger partial charge >= 0.3 is 0 Å². The molecule has 2 aromatic rings. The van der Waals surface area contributed by atoms with Crippen molar-refractivity contribution >= 4 is 22.6 Å². The van der Waals surface area contributed by atoms with Gasteiger partial charge in [-0.2, -0.15) is 0 Å². The number of fused-ring (bicyclic) bond motifs is 1. The molecule has 0 bridgehead atoms. The van der Waals surface area contributed by atoms with Gasteiger partial charge in [-0.15, -0.1) is 11.6 Å². The van der Waals surface area contributed by atoms with Crippen molar-refractivity contribution in [3.05, 3.63) is 29.8 Å². The van der Waals surface area contributed by atoms with Crippen LogP contribution in [0.4, 0.5) is 4.39 Å². The van der Waals surface area contributed by atoms with Crippen molar-refractivity contribution in [3.8, 4) is 0 Å². The molecule has 2 nitrogen and oxygen atoms in total. The summed E-state index contributed by atoms with van der Waals surface area (Å²) in [6.07, 6.45) is 6.01. The van der Waals surface area contributed by atoms with Crippen LogP contribution in [-0.4, -0.2) is 9.55 Å². The molecule has 0 N–H and O–H groups in total. The van der Waals surface area contributed by atoms with E-state index in [0.717, 1.165) is 35.6 Å². The van der Waals surface area contributed by atoms with Gasteiger partial charge in [0.15, 0.2) is 0 Å². The predicted molar refractivity (Wildman–Crippen MR) is 85.2 cm³/mol. The van der Waals surface area contributed by atoms with Crippen LogP contribution in [0.1, 0.15) is 63.2 Å². The van der Waals surface area contributed by atoms with E-state index in [9.17, 15) is 4.39 Å². The van der Waals surface area contributed by atoms with E-state index in [1.54, 1.807) is 12.1 Å². The predicted octanol–water partition coefficient (Wildman–Crippen LogP) is 5.62. The van der Waals surface area contributed by atoms with Gasteiger partial charge in [0.25, 0.3) is 0 Å². The Morgan fingerprint density at radius 2 is 2.05 bits per heavy atom. The molecule has 1 aromatic heterocycles. The van der Waals surface area contributed by atoms with Crippen LogP contribution in [0, 0.1) is 11.7 Å². The summed E-state index contributed by atoms with van der Waals surface area (Å²) < 4.78 is 15.8. The topological polar surface area (TPSA) is 17.8 Å². The summed E-state index contributed by atoms with van der Waals surface area (Å²) >= 11 is 6.32. The lowest BCUT2D eigenvalue weighted by Crippen LogP contribution is -2.19. The molecule has 3 rings (SSSR count). The highest BCUT2D eigenvalue weighted by Gasteiger charge is 2.26. The zero-order valence-electron chi connectivity index (χ0n) is 12.6. The maximum Gasteiger partial charge on any atom is 0.127 e. The third kappa shape index (κ3) is 2.80. The van der Waals surface area contributed by atoms with Gasteiger partial charge in [-0.1, -0.05) is 13.3 Å².